The van der Waals surface area contributed by atoms with Crippen LogP contribution in [0.3, 0.4) is 0 Å². The van der Waals surface area contributed by atoms with Crippen LogP contribution in [0.4, 0.5) is 0 Å². The van der Waals surface area contributed by atoms with Gasteiger partial charge in [0.05, 0.1) is 6.10 Å². The van der Waals surface area contributed by atoms with Crippen molar-refractivity contribution in [3.05, 3.63) is 0 Å². The number of nitrogens with two attached hydrogens (primary N) is 2. The quantitative estimate of drug-likeness (QED) is 0.508. The van der Waals surface area contributed by atoms with Crippen LogP contribution in [0.2, 0.25) is 0 Å². The molecular weight excluding hydrogens is 120 g/mol. The lowest BCUT2D eigenvalue weighted by Crippen LogP contribution is -2.45. The molecule has 0 heterocycles. The lowest BCUT2D eigenvalue weighted by atomic mass is 10.2. The van der Waals surface area contributed by atoms with E-state index in [1.54, 1.807) is 6.92 Å². The minimum Gasteiger partial charge on any atom is -0.380 e. The molecule has 0 spiro atoms. The van der Waals surface area contributed by atoms with E-state index in [0.717, 1.165) is 0 Å². The van der Waals surface area contributed by atoms with E-state index in [2.05, 4.69) is 0 Å². The fourth-order valence-electron chi connectivity index (χ4n) is 0.378. The summed E-state index contributed by atoms with van der Waals surface area (Å²) in [5.41, 5.74) is 10.1. The molecule has 0 aliphatic heterocycles. The molecule has 4 nitrogen and oxygen atoms in total. The Hall–Kier alpha value is -0.610. The second kappa shape index (κ2) is 3.42. The Labute approximate surface area is 54.2 Å². The van der Waals surface area contributed by atoms with Gasteiger partial charge in [-0.1, -0.05) is 0 Å². The van der Waals surface area contributed by atoms with Crippen molar-refractivity contribution in [2.75, 3.05) is 7.11 Å². The first-order valence-corrected chi connectivity index (χ1v) is 2.67. The molecule has 0 rings (SSSR count). The molecule has 0 aliphatic carbocycles. The van der Waals surface area contributed by atoms with Gasteiger partial charge in [0, 0.05) is 7.11 Å². The molecule has 0 bridgehead atoms. The van der Waals surface area contributed by atoms with Crippen LogP contribution in [0, 0.1) is 0 Å². The number of rotatable bonds is 3. The maximum Gasteiger partial charge on any atom is 0.237 e. The second-order valence-electron chi connectivity index (χ2n) is 1.87. The molecule has 0 aromatic rings. The lowest BCUT2D eigenvalue weighted by molar-refractivity contribution is -0.121. The summed E-state index contributed by atoms with van der Waals surface area (Å²) in [4.78, 5) is 10.3. The highest BCUT2D eigenvalue weighted by Crippen LogP contribution is 1.91. The number of methoxy groups -OCH3 is 1. The molecular formula is C5H12N2O2. The number of primary amides is 1. The average molecular weight is 132 g/mol. The van der Waals surface area contributed by atoms with Crippen molar-refractivity contribution in [1.29, 1.82) is 0 Å². The normalized spacial score (nSPS) is 16.8. The number of hydrogen-bond acceptors (Lipinski definition) is 3. The van der Waals surface area contributed by atoms with Gasteiger partial charge in [-0.15, -0.1) is 0 Å². The summed E-state index contributed by atoms with van der Waals surface area (Å²) >= 11 is 0. The van der Waals surface area contributed by atoms with Gasteiger partial charge in [-0.2, -0.15) is 0 Å². The zero-order valence-corrected chi connectivity index (χ0v) is 5.63. The van der Waals surface area contributed by atoms with Crippen molar-refractivity contribution >= 4 is 5.91 Å². The van der Waals surface area contributed by atoms with E-state index in [1.807, 2.05) is 0 Å². The third kappa shape index (κ3) is 2.43. The van der Waals surface area contributed by atoms with Gasteiger partial charge < -0.3 is 16.2 Å². The van der Waals surface area contributed by atoms with Crippen LogP contribution in [0.15, 0.2) is 0 Å². The zero-order valence-electron chi connectivity index (χ0n) is 5.63. The summed E-state index contributed by atoms with van der Waals surface area (Å²) in [5, 5.41) is 0. The van der Waals surface area contributed by atoms with E-state index in [-0.39, 0.29) is 6.10 Å². The van der Waals surface area contributed by atoms with Crippen molar-refractivity contribution in [3.63, 3.8) is 0 Å². The molecule has 0 aliphatic rings. The first-order chi connectivity index (χ1) is 4.09. The Balaban J connectivity index is 3.72. The molecule has 54 valence electrons. The Morgan fingerprint density at radius 2 is 2.11 bits per heavy atom. The molecule has 0 saturated carbocycles. The van der Waals surface area contributed by atoms with Gasteiger partial charge in [0.1, 0.15) is 6.04 Å². The van der Waals surface area contributed by atoms with Crippen LogP contribution in [0.1, 0.15) is 6.92 Å². The summed E-state index contributed by atoms with van der Waals surface area (Å²) in [5.74, 6) is -0.538. The van der Waals surface area contributed by atoms with E-state index < -0.39 is 11.9 Å². The standard InChI is InChI=1S/C5H12N2O2/c1-3(9-2)4(6)5(7)8/h3-4H,6H2,1-2H3,(H2,7,8). The van der Waals surface area contributed by atoms with Crippen molar-refractivity contribution < 1.29 is 9.53 Å². The Morgan fingerprint density at radius 1 is 1.67 bits per heavy atom. The predicted molar refractivity (Wildman–Crippen MR) is 33.6 cm³/mol. The minimum atomic E-state index is -0.699. The summed E-state index contributed by atoms with van der Waals surface area (Å²) in [7, 11) is 1.48. The summed E-state index contributed by atoms with van der Waals surface area (Å²) in [6.45, 7) is 1.69. The topological polar surface area (TPSA) is 78.3 Å². The molecule has 0 aromatic carbocycles. The van der Waals surface area contributed by atoms with E-state index in [0.29, 0.717) is 0 Å². The number of ether oxygens (including phenoxy) is 1. The van der Waals surface area contributed by atoms with Crippen LogP contribution in [0.5, 0.6) is 0 Å². The molecule has 4 N–H and O–H groups in total. The molecule has 0 saturated heterocycles. The Morgan fingerprint density at radius 3 is 2.22 bits per heavy atom. The highest BCUT2D eigenvalue weighted by Gasteiger charge is 2.16. The lowest BCUT2D eigenvalue weighted by Gasteiger charge is -2.13. The summed E-state index contributed by atoms with van der Waals surface area (Å²) < 4.78 is 4.75. The maximum absolute atomic E-state index is 10.3. The second-order valence-corrected chi connectivity index (χ2v) is 1.87. The zero-order chi connectivity index (χ0) is 7.44. The highest BCUT2D eigenvalue weighted by atomic mass is 16.5. The fourth-order valence-corrected chi connectivity index (χ4v) is 0.378. The minimum absolute atomic E-state index is 0.303. The third-order valence-electron chi connectivity index (χ3n) is 1.21. The molecule has 9 heavy (non-hydrogen) atoms. The van der Waals surface area contributed by atoms with Crippen molar-refractivity contribution in [2.24, 2.45) is 11.5 Å². The van der Waals surface area contributed by atoms with Crippen molar-refractivity contribution in [2.45, 2.75) is 19.1 Å². The van der Waals surface area contributed by atoms with Crippen molar-refractivity contribution in [3.8, 4) is 0 Å². The van der Waals surface area contributed by atoms with Gasteiger partial charge in [0.15, 0.2) is 0 Å². The first-order valence-electron chi connectivity index (χ1n) is 2.67. The highest BCUT2D eigenvalue weighted by molar-refractivity contribution is 5.80. The van der Waals surface area contributed by atoms with Gasteiger partial charge in [0.2, 0.25) is 5.91 Å². The maximum atomic E-state index is 10.3. The fraction of sp³-hybridized carbons (Fsp3) is 0.800. The van der Waals surface area contributed by atoms with Crippen LogP contribution >= 0.6 is 0 Å². The molecule has 0 radical (unpaired) electrons. The average Bonchev–Trinajstić information content (AvgIpc) is 1.84. The van der Waals surface area contributed by atoms with Gasteiger partial charge in [-0.3, -0.25) is 4.79 Å². The van der Waals surface area contributed by atoms with E-state index in [1.165, 1.54) is 7.11 Å². The Bertz CT molecular complexity index is 105. The van der Waals surface area contributed by atoms with E-state index in [4.69, 9.17) is 16.2 Å². The van der Waals surface area contributed by atoms with Gasteiger partial charge in [-0.25, -0.2) is 0 Å². The van der Waals surface area contributed by atoms with Crippen LogP contribution in [-0.4, -0.2) is 25.2 Å². The SMILES string of the molecule is COC(C)C(N)C(N)=O. The number of hydrogen-bond donors (Lipinski definition) is 2. The first kappa shape index (κ1) is 8.39. The molecule has 2 atom stereocenters. The molecule has 1 amide bonds. The summed E-state index contributed by atoms with van der Waals surface area (Å²) in [6.07, 6.45) is -0.303. The van der Waals surface area contributed by atoms with Crippen molar-refractivity contribution in [1.82, 2.24) is 0 Å². The largest absolute Gasteiger partial charge is 0.380 e. The van der Waals surface area contributed by atoms with Gasteiger partial charge in [-0.05, 0) is 6.92 Å². The van der Waals surface area contributed by atoms with Crippen LogP contribution in [0.25, 0.3) is 0 Å². The number of amides is 1. The van der Waals surface area contributed by atoms with Crippen LogP contribution < -0.4 is 11.5 Å². The Kier molecular flexibility index (Phi) is 3.19. The number of carbonyl (C=O) groups is 1. The summed E-state index contributed by atoms with van der Waals surface area (Å²) in [6, 6.07) is -0.699. The van der Waals surface area contributed by atoms with E-state index >= 15 is 0 Å². The van der Waals surface area contributed by atoms with E-state index in [9.17, 15) is 4.79 Å². The molecule has 2 unspecified atom stereocenters. The smallest absolute Gasteiger partial charge is 0.237 e. The molecule has 0 fully saturated rings. The monoisotopic (exact) mass is 132 g/mol. The predicted octanol–water partition coefficient (Wildman–Crippen LogP) is -1.17. The number of carbonyl (C=O) groups excluding carboxylic acids is 1. The molecule has 0 aromatic heterocycles. The third-order valence-corrected chi connectivity index (χ3v) is 1.21. The molecule has 4 heteroatoms. The van der Waals surface area contributed by atoms with Gasteiger partial charge >= 0.3 is 0 Å². The van der Waals surface area contributed by atoms with Gasteiger partial charge in [0.25, 0.3) is 0 Å². The van der Waals surface area contributed by atoms with Crippen LogP contribution in [-0.2, 0) is 9.53 Å².